The summed E-state index contributed by atoms with van der Waals surface area (Å²) < 4.78 is 0. The molecular formula is C12H17NS. The van der Waals surface area contributed by atoms with Crippen molar-refractivity contribution < 1.29 is 0 Å². The van der Waals surface area contributed by atoms with Crippen LogP contribution < -0.4 is 5.73 Å². The van der Waals surface area contributed by atoms with E-state index >= 15 is 0 Å². The summed E-state index contributed by atoms with van der Waals surface area (Å²) >= 11 is 1.94. The van der Waals surface area contributed by atoms with Gasteiger partial charge in [0.15, 0.2) is 0 Å². The van der Waals surface area contributed by atoms with Crippen molar-refractivity contribution in [1.82, 2.24) is 0 Å². The van der Waals surface area contributed by atoms with Crippen LogP contribution in [0.1, 0.15) is 36.1 Å². The van der Waals surface area contributed by atoms with Gasteiger partial charge in [-0.1, -0.05) is 13.0 Å². The van der Waals surface area contributed by atoms with Crippen molar-refractivity contribution in [1.29, 1.82) is 0 Å². The van der Waals surface area contributed by atoms with Crippen molar-refractivity contribution in [3.05, 3.63) is 28.8 Å². The van der Waals surface area contributed by atoms with Crippen LogP contribution in [-0.2, 0) is 0 Å². The minimum absolute atomic E-state index is 0.235. The van der Waals surface area contributed by atoms with Crippen LogP contribution >= 0.6 is 11.8 Å². The van der Waals surface area contributed by atoms with E-state index in [1.165, 1.54) is 21.6 Å². The van der Waals surface area contributed by atoms with Gasteiger partial charge < -0.3 is 5.73 Å². The smallest absolute Gasteiger partial charge is 0.0430 e. The molecule has 2 atom stereocenters. The molecule has 1 aromatic rings. The molecule has 0 saturated heterocycles. The number of hydrogen-bond donors (Lipinski definition) is 1. The molecule has 1 heterocycles. The molecule has 2 unspecified atom stereocenters. The Bertz CT molecular complexity index is 360. The van der Waals surface area contributed by atoms with Gasteiger partial charge in [0.1, 0.15) is 0 Å². The van der Waals surface area contributed by atoms with Crippen molar-refractivity contribution >= 4 is 11.8 Å². The van der Waals surface area contributed by atoms with Gasteiger partial charge in [-0.05, 0) is 43.0 Å². The number of aryl methyl sites for hydroxylation is 2. The predicted octanol–water partition coefficient (Wildman–Crippen LogP) is 3.19. The van der Waals surface area contributed by atoms with E-state index in [-0.39, 0.29) is 6.04 Å². The average molecular weight is 207 g/mol. The minimum Gasteiger partial charge on any atom is -0.323 e. The Kier molecular flexibility index (Phi) is 2.58. The molecule has 2 N–H and O–H groups in total. The second-order valence-corrected chi connectivity index (χ2v) is 5.35. The van der Waals surface area contributed by atoms with Gasteiger partial charge in [0, 0.05) is 16.2 Å². The SMILES string of the molecule is CCC1Sc2cc(C)c(C)cc2C1N. The molecule has 0 bridgehead atoms. The number of nitrogens with two attached hydrogens (primary N) is 1. The average Bonchev–Trinajstić information content (AvgIpc) is 2.45. The third-order valence-electron chi connectivity index (χ3n) is 3.07. The zero-order valence-corrected chi connectivity index (χ0v) is 9.82. The molecule has 0 aromatic heterocycles. The molecule has 0 fully saturated rings. The number of hydrogen-bond acceptors (Lipinski definition) is 2. The Balaban J connectivity index is 2.44. The Morgan fingerprint density at radius 1 is 1.29 bits per heavy atom. The molecule has 2 heteroatoms. The molecule has 0 radical (unpaired) electrons. The highest BCUT2D eigenvalue weighted by Crippen LogP contribution is 2.44. The van der Waals surface area contributed by atoms with Gasteiger partial charge >= 0.3 is 0 Å². The first-order valence-electron chi connectivity index (χ1n) is 5.17. The number of rotatable bonds is 1. The van der Waals surface area contributed by atoms with E-state index < -0.39 is 0 Å². The van der Waals surface area contributed by atoms with Crippen LogP contribution in [0.5, 0.6) is 0 Å². The van der Waals surface area contributed by atoms with Crippen LogP contribution in [0.25, 0.3) is 0 Å². The highest BCUT2D eigenvalue weighted by Gasteiger charge is 2.29. The lowest BCUT2D eigenvalue weighted by molar-refractivity contribution is 0.666. The standard InChI is InChI=1S/C12H17NS/c1-4-10-12(13)9-5-7(2)8(3)6-11(9)14-10/h5-6,10,12H,4,13H2,1-3H3. The second-order valence-electron chi connectivity index (χ2n) is 4.06. The summed E-state index contributed by atoms with van der Waals surface area (Å²) in [6, 6.07) is 4.78. The van der Waals surface area contributed by atoms with Crippen molar-refractivity contribution in [3.8, 4) is 0 Å². The van der Waals surface area contributed by atoms with Crippen LogP contribution in [0.4, 0.5) is 0 Å². The molecule has 0 aliphatic carbocycles. The normalized spacial score (nSPS) is 25.1. The summed E-state index contributed by atoms with van der Waals surface area (Å²) in [5.74, 6) is 0. The minimum atomic E-state index is 0.235. The van der Waals surface area contributed by atoms with Crippen molar-refractivity contribution in [2.24, 2.45) is 5.73 Å². The van der Waals surface area contributed by atoms with Crippen molar-refractivity contribution in [2.45, 2.75) is 43.4 Å². The highest BCUT2D eigenvalue weighted by atomic mass is 32.2. The summed E-state index contributed by atoms with van der Waals surface area (Å²) in [4.78, 5) is 1.40. The predicted molar refractivity (Wildman–Crippen MR) is 62.8 cm³/mol. The van der Waals surface area contributed by atoms with Crippen LogP contribution in [0.15, 0.2) is 17.0 Å². The Morgan fingerprint density at radius 2 is 1.93 bits per heavy atom. The van der Waals surface area contributed by atoms with Crippen LogP contribution in [0, 0.1) is 13.8 Å². The van der Waals surface area contributed by atoms with Gasteiger partial charge in [0.2, 0.25) is 0 Å². The summed E-state index contributed by atoms with van der Waals surface area (Å²) in [6.45, 7) is 6.54. The number of benzene rings is 1. The topological polar surface area (TPSA) is 26.0 Å². The maximum absolute atomic E-state index is 6.20. The first-order valence-corrected chi connectivity index (χ1v) is 6.04. The van der Waals surface area contributed by atoms with Gasteiger partial charge in [0.05, 0.1) is 0 Å². The fourth-order valence-electron chi connectivity index (χ4n) is 1.95. The Hall–Kier alpha value is -0.470. The monoisotopic (exact) mass is 207 g/mol. The van der Waals surface area contributed by atoms with E-state index in [4.69, 9.17) is 5.73 Å². The number of thioether (sulfide) groups is 1. The zero-order chi connectivity index (χ0) is 10.3. The first-order chi connectivity index (χ1) is 6.63. The summed E-state index contributed by atoms with van der Waals surface area (Å²) in [5.41, 5.74) is 10.3. The van der Waals surface area contributed by atoms with E-state index in [0.29, 0.717) is 5.25 Å². The fourth-order valence-corrected chi connectivity index (χ4v) is 3.31. The molecule has 0 saturated carbocycles. The Labute approximate surface area is 90.1 Å². The third kappa shape index (κ3) is 1.47. The third-order valence-corrected chi connectivity index (χ3v) is 4.60. The maximum atomic E-state index is 6.20. The van der Waals surface area contributed by atoms with E-state index in [1.54, 1.807) is 0 Å². The maximum Gasteiger partial charge on any atom is 0.0430 e. The molecule has 2 rings (SSSR count). The molecule has 14 heavy (non-hydrogen) atoms. The summed E-state index contributed by atoms with van der Waals surface area (Å²) in [6.07, 6.45) is 1.15. The lowest BCUT2D eigenvalue weighted by Gasteiger charge is -2.12. The van der Waals surface area contributed by atoms with Gasteiger partial charge in [0.25, 0.3) is 0 Å². The lowest BCUT2D eigenvalue weighted by Crippen LogP contribution is -2.18. The molecule has 1 aliphatic rings. The fraction of sp³-hybridized carbons (Fsp3) is 0.500. The van der Waals surface area contributed by atoms with Gasteiger partial charge in [-0.25, -0.2) is 0 Å². The van der Waals surface area contributed by atoms with Crippen molar-refractivity contribution in [3.63, 3.8) is 0 Å². The molecular weight excluding hydrogens is 190 g/mol. The zero-order valence-electron chi connectivity index (χ0n) is 9.00. The molecule has 0 spiro atoms. The second kappa shape index (κ2) is 3.59. The molecule has 0 amide bonds. The lowest BCUT2D eigenvalue weighted by atomic mass is 9.99. The quantitative estimate of drug-likeness (QED) is 0.765. The van der Waals surface area contributed by atoms with E-state index in [1.807, 2.05) is 11.8 Å². The molecule has 1 aromatic carbocycles. The largest absolute Gasteiger partial charge is 0.323 e. The summed E-state index contributed by atoms with van der Waals surface area (Å²) in [7, 11) is 0. The van der Waals surface area contributed by atoms with Crippen LogP contribution in [0.3, 0.4) is 0 Å². The first kappa shape index (κ1) is 10.1. The van der Waals surface area contributed by atoms with Gasteiger partial charge in [-0.3, -0.25) is 0 Å². The highest BCUT2D eigenvalue weighted by molar-refractivity contribution is 8.00. The molecule has 1 nitrogen and oxygen atoms in total. The van der Waals surface area contributed by atoms with E-state index in [9.17, 15) is 0 Å². The van der Waals surface area contributed by atoms with Crippen LogP contribution in [-0.4, -0.2) is 5.25 Å². The van der Waals surface area contributed by atoms with Gasteiger partial charge in [-0.15, -0.1) is 11.8 Å². The van der Waals surface area contributed by atoms with E-state index in [0.717, 1.165) is 6.42 Å². The van der Waals surface area contributed by atoms with Crippen molar-refractivity contribution in [2.75, 3.05) is 0 Å². The number of fused-ring (bicyclic) bond motifs is 1. The molecule has 76 valence electrons. The van der Waals surface area contributed by atoms with E-state index in [2.05, 4.69) is 32.9 Å². The van der Waals surface area contributed by atoms with Gasteiger partial charge in [-0.2, -0.15) is 0 Å². The van der Waals surface area contributed by atoms with Crippen LogP contribution in [0.2, 0.25) is 0 Å². The Morgan fingerprint density at radius 3 is 2.57 bits per heavy atom. The molecule has 1 aliphatic heterocycles. The summed E-state index contributed by atoms with van der Waals surface area (Å²) in [5, 5.41) is 0.575.